The van der Waals surface area contributed by atoms with Gasteiger partial charge in [-0.25, -0.2) is 4.98 Å². The number of nitrogens with one attached hydrogen (secondary N) is 1. The molecular weight excluding hydrogens is 522 g/mol. The molecule has 4 aromatic rings. The van der Waals surface area contributed by atoms with E-state index in [-0.39, 0.29) is 0 Å². The quantitative estimate of drug-likeness (QED) is 0.150. The third kappa shape index (κ3) is 6.96. The Morgan fingerprint density at radius 3 is 2.62 bits per heavy atom. The second kappa shape index (κ2) is 12.8. The summed E-state index contributed by atoms with van der Waals surface area (Å²) in [6.45, 7) is 9.18. The molecule has 0 fully saturated rings. The molecule has 0 aliphatic rings. The van der Waals surface area contributed by atoms with Crippen molar-refractivity contribution in [1.29, 1.82) is 0 Å². The average molecular weight is 559 g/mol. The van der Waals surface area contributed by atoms with Crippen LogP contribution in [0, 0.1) is 0 Å². The predicted octanol–water partition coefficient (Wildman–Crippen LogP) is 7.85. The first kappa shape index (κ1) is 26.8. The van der Waals surface area contributed by atoms with Crippen molar-refractivity contribution >= 4 is 33.0 Å². The van der Waals surface area contributed by atoms with Gasteiger partial charge in [0, 0.05) is 19.2 Å². The molecule has 2 aromatic carbocycles. The highest BCUT2D eigenvalue weighted by atomic mass is 79.9. The first-order chi connectivity index (χ1) is 18.0. The van der Waals surface area contributed by atoms with Crippen molar-refractivity contribution in [3.8, 4) is 11.1 Å². The number of benzene rings is 2. The molecule has 0 aliphatic carbocycles. The van der Waals surface area contributed by atoms with Crippen LogP contribution in [0.25, 0.3) is 22.3 Å². The van der Waals surface area contributed by atoms with E-state index in [4.69, 9.17) is 4.98 Å². The number of nitrogens with zero attached hydrogens (tertiary/aromatic N) is 4. The molecule has 6 heteroatoms. The first-order valence-corrected chi connectivity index (χ1v) is 13.7. The Bertz CT molecular complexity index is 1390. The van der Waals surface area contributed by atoms with Gasteiger partial charge in [-0.3, -0.25) is 0 Å². The molecule has 2 aromatic heterocycles. The molecule has 2 heterocycles. The number of aromatic nitrogens is 3. The van der Waals surface area contributed by atoms with Gasteiger partial charge in [0.1, 0.15) is 5.82 Å². The van der Waals surface area contributed by atoms with Crippen LogP contribution in [0.1, 0.15) is 44.9 Å². The molecule has 0 bridgehead atoms. The minimum absolute atomic E-state index is 0.821. The Balaban J connectivity index is 1.38. The van der Waals surface area contributed by atoms with E-state index in [0.29, 0.717) is 0 Å². The zero-order valence-electron chi connectivity index (χ0n) is 22.2. The third-order valence-corrected chi connectivity index (χ3v) is 7.08. The minimum Gasteiger partial charge on any atom is -0.370 e. The Kier molecular flexibility index (Phi) is 9.31. The summed E-state index contributed by atoms with van der Waals surface area (Å²) >= 11 is 3.61. The van der Waals surface area contributed by atoms with E-state index in [0.717, 1.165) is 54.1 Å². The Labute approximate surface area is 229 Å². The van der Waals surface area contributed by atoms with Gasteiger partial charge in [-0.15, -0.1) is 0 Å². The summed E-state index contributed by atoms with van der Waals surface area (Å²) in [5.74, 6) is 0.954. The van der Waals surface area contributed by atoms with Crippen LogP contribution in [0.3, 0.4) is 0 Å². The fourth-order valence-electron chi connectivity index (χ4n) is 4.31. The number of hydrogen-bond donors (Lipinski definition) is 1. The van der Waals surface area contributed by atoms with Gasteiger partial charge in [-0.05, 0) is 90.1 Å². The molecule has 0 radical (unpaired) electrons. The number of halogens is 1. The molecule has 37 heavy (non-hydrogen) atoms. The van der Waals surface area contributed by atoms with E-state index in [2.05, 4.69) is 132 Å². The van der Waals surface area contributed by atoms with E-state index < -0.39 is 0 Å². The fraction of sp³-hybridized carbons (Fsp3) is 0.290. The van der Waals surface area contributed by atoms with E-state index in [9.17, 15) is 0 Å². The first-order valence-electron chi connectivity index (χ1n) is 12.9. The van der Waals surface area contributed by atoms with Crippen molar-refractivity contribution in [2.24, 2.45) is 0 Å². The lowest BCUT2D eigenvalue weighted by Gasteiger charge is -2.18. The smallest absolute Gasteiger partial charge is 0.172 e. The normalized spacial score (nSPS) is 12.5. The molecular formula is C31H36BrN5. The molecule has 1 N–H and O–H groups in total. The van der Waals surface area contributed by atoms with Crippen molar-refractivity contribution in [1.82, 2.24) is 19.5 Å². The molecule has 0 atom stereocenters. The molecule has 5 nitrogen and oxygen atoms in total. The monoisotopic (exact) mass is 557 g/mol. The Morgan fingerprint density at radius 2 is 1.84 bits per heavy atom. The van der Waals surface area contributed by atoms with Crippen molar-refractivity contribution in [2.45, 2.75) is 40.2 Å². The third-order valence-electron chi connectivity index (χ3n) is 6.52. The maximum Gasteiger partial charge on any atom is 0.172 e. The number of rotatable bonds is 11. The van der Waals surface area contributed by atoms with Crippen molar-refractivity contribution in [3.63, 3.8) is 0 Å². The molecule has 4 rings (SSSR count). The molecule has 192 valence electrons. The van der Waals surface area contributed by atoms with E-state index >= 15 is 0 Å². The summed E-state index contributed by atoms with van der Waals surface area (Å²) in [5.41, 5.74) is 8.02. The van der Waals surface area contributed by atoms with Gasteiger partial charge in [-0.2, -0.15) is 9.61 Å². The topological polar surface area (TPSA) is 45.5 Å². The van der Waals surface area contributed by atoms with Crippen LogP contribution in [0.15, 0.2) is 89.1 Å². The Hall–Kier alpha value is -3.22. The summed E-state index contributed by atoms with van der Waals surface area (Å²) in [4.78, 5) is 7.25. The molecule has 0 spiro atoms. The highest BCUT2D eigenvalue weighted by molar-refractivity contribution is 9.10. The summed E-state index contributed by atoms with van der Waals surface area (Å²) in [6, 6.07) is 21.5. The zero-order chi connectivity index (χ0) is 26.2. The highest BCUT2D eigenvalue weighted by Crippen LogP contribution is 2.25. The summed E-state index contributed by atoms with van der Waals surface area (Å²) in [5, 5.41) is 8.12. The maximum absolute atomic E-state index is 4.87. The van der Waals surface area contributed by atoms with Crippen LogP contribution >= 0.6 is 15.9 Å². The van der Waals surface area contributed by atoms with Gasteiger partial charge >= 0.3 is 0 Å². The highest BCUT2D eigenvalue weighted by Gasteiger charge is 2.12. The SMILES string of the molecule is CC/C=C\C(C)=C(/C)c1cc(NCCCN(C)Cc2cccc(-c3ccccc3)c2)n2ncc(Br)c2n1. The Morgan fingerprint density at radius 1 is 1.05 bits per heavy atom. The van der Waals surface area contributed by atoms with Crippen LogP contribution in [-0.2, 0) is 6.54 Å². The van der Waals surface area contributed by atoms with E-state index in [1.165, 1.54) is 27.8 Å². The van der Waals surface area contributed by atoms with Gasteiger partial charge in [0.25, 0.3) is 0 Å². The predicted molar refractivity (Wildman–Crippen MR) is 160 cm³/mol. The van der Waals surface area contributed by atoms with Crippen molar-refractivity contribution in [3.05, 3.63) is 100 Å². The standard InChI is InChI=1S/C31H36BrN5/c1-5-6-12-23(2)24(3)29-20-30(37-31(35-29)28(32)21-34-37)33-17-11-18-36(4)22-25-13-10-16-27(19-25)26-14-8-7-9-15-26/h6-10,12-16,19-21,33H,5,11,17-18,22H2,1-4H3/b12-6-,24-23+. The summed E-state index contributed by atoms with van der Waals surface area (Å²) in [6.07, 6.45) is 8.19. The molecule has 0 saturated carbocycles. The maximum atomic E-state index is 4.87. The van der Waals surface area contributed by atoms with Crippen molar-refractivity contribution < 1.29 is 0 Å². The summed E-state index contributed by atoms with van der Waals surface area (Å²) in [7, 11) is 2.18. The van der Waals surface area contributed by atoms with Gasteiger partial charge in [0.05, 0.1) is 16.4 Å². The zero-order valence-corrected chi connectivity index (χ0v) is 23.8. The number of hydrogen-bond acceptors (Lipinski definition) is 4. The van der Waals surface area contributed by atoms with Crippen LogP contribution in [0.2, 0.25) is 0 Å². The van der Waals surface area contributed by atoms with Crippen LogP contribution in [-0.4, -0.2) is 39.6 Å². The second-order valence-electron chi connectivity index (χ2n) is 9.46. The van der Waals surface area contributed by atoms with Gasteiger partial charge in [0.2, 0.25) is 0 Å². The second-order valence-corrected chi connectivity index (χ2v) is 10.3. The van der Waals surface area contributed by atoms with E-state index in [1.54, 1.807) is 6.20 Å². The summed E-state index contributed by atoms with van der Waals surface area (Å²) < 4.78 is 2.76. The lowest BCUT2D eigenvalue weighted by atomic mass is 10.0. The van der Waals surface area contributed by atoms with E-state index in [1.807, 2.05) is 4.52 Å². The van der Waals surface area contributed by atoms with Crippen molar-refractivity contribution in [2.75, 3.05) is 25.5 Å². The molecule has 0 unspecified atom stereocenters. The van der Waals surface area contributed by atoms with Gasteiger partial charge < -0.3 is 10.2 Å². The fourth-order valence-corrected chi connectivity index (χ4v) is 4.66. The molecule has 0 saturated heterocycles. The average Bonchev–Trinajstić information content (AvgIpc) is 3.30. The number of anilines is 1. The van der Waals surface area contributed by atoms with Gasteiger partial charge in [-0.1, -0.05) is 67.6 Å². The van der Waals surface area contributed by atoms with Gasteiger partial charge in [0.15, 0.2) is 5.65 Å². The largest absolute Gasteiger partial charge is 0.370 e. The van der Waals surface area contributed by atoms with Crippen LogP contribution < -0.4 is 5.32 Å². The lowest BCUT2D eigenvalue weighted by Crippen LogP contribution is -2.21. The number of fused-ring (bicyclic) bond motifs is 1. The minimum atomic E-state index is 0.821. The lowest BCUT2D eigenvalue weighted by molar-refractivity contribution is 0.325. The molecule has 0 amide bonds. The number of allylic oxidation sites excluding steroid dienone is 4. The van der Waals surface area contributed by atoms with Crippen LogP contribution in [0.5, 0.6) is 0 Å². The molecule has 0 aliphatic heterocycles. The van der Waals surface area contributed by atoms with Crippen LogP contribution in [0.4, 0.5) is 5.82 Å².